The number of nitrogens with zero attached hydrogens (tertiary/aromatic N) is 5. The van der Waals surface area contributed by atoms with E-state index in [4.69, 9.17) is 23.7 Å². The maximum absolute atomic E-state index is 13.7. The van der Waals surface area contributed by atoms with E-state index in [1.165, 1.54) is 23.9 Å². The van der Waals surface area contributed by atoms with Crippen molar-refractivity contribution < 1.29 is 55.5 Å². The predicted molar refractivity (Wildman–Crippen MR) is 168 cm³/mol. The third-order valence-electron chi connectivity index (χ3n) is 8.63. The topological polar surface area (TPSA) is 122 Å². The normalized spacial score (nSPS) is 17.6. The van der Waals surface area contributed by atoms with Crippen molar-refractivity contribution in [1.82, 2.24) is 24.5 Å². The maximum Gasteiger partial charge on any atom is 0.420 e. The summed E-state index contributed by atoms with van der Waals surface area (Å²) in [4.78, 5) is 14.1. The average Bonchev–Trinajstić information content (AvgIpc) is 3.64. The summed E-state index contributed by atoms with van der Waals surface area (Å²) >= 11 is 0. The number of aryl methyl sites for hydroxylation is 2. The number of rotatable bonds is 12. The highest BCUT2D eigenvalue weighted by Crippen LogP contribution is 2.44. The van der Waals surface area contributed by atoms with Crippen LogP contribution in [0.25, 0.3) is 33.3 Å². The van der Waals surface area contributed by atoms with Gasteiger partial charge in [0.05, 0.1) is 56.2 Å². The molecule has 1 N–H and O–H groups in total. The lowest BCUT2D eigenvalue weighted by Gasteiger charge is -2.47. The van der Waals surface area contributed by atoms with Crippen LogP contribution < -0.4 is 14.2 Å². The lowest BCUT2D eigenvalue weighted by atomic mass is 9.92. The van der Waals surface area contributed by atoms with Crippen LogP contribution in [0.3, 0.4) is 0 Å². The van der Waals surface area contributed by atoms with Crippen LogP contribution in [0.1, 0.15) is 36.0 Å². The number of hydrogen-bond acceptors (Lipinski definition) is 9. The molecular formula is C33H36F5N5O7. The molecule has 17 heteroatoms. The Morgan fingerprint density at radius 3 is 2.44 bits per heavy atom. The third kappa shape index (κ3) is 7.07. The molecule has 2 aliphatic heterocycles. The van der Waals surface area contributed by atoms with Gasteiger partial charge in [0.2, 0.25) is 0 Å². The highest BCUT2D eigenvalue weighted by atomic mass is 19.4. The van der Waals surface area contributed by atoms with E-state index in [0.29, 0.717) is 46.9 Å². The summed E-state index contributed by atoms with van der Waals surface area (Å²) < 4.78 is 98.4. The van der Waals surface area contributed by atoms with Crippen LogP contribution in [0, 0.1) is 0 Å². The van der Waals surface area contributed by atoms with Crippen molar-refractivity contribution in [3.63, 3.8) is 0 Å². The first-order chi connectivity index (χ1) is 23.8. The van der Waals surface area contributed by atoms with Crippen molar-refractivity contribution in [2.45, 2.75) is 50.4 Å². The quantitative estimate of drug-likeness (QED) is 0.154. The second kappa shape index (κ2) is 14.0. The van der Waals surface area contributed by atoms with Gasteiger partial charge in [-0.15, -0.1) is 0 Å². The molecule has 1 atom stereocenters. The third-order valence-corrected chi connectivity index (χ3v) is 8.63. The number of alkyl halides is 5. The van der Waals surface area contributed by atoms with E-state index in [1.54, 1.807) is 25.0 Å². The second-order valence-electron chi connectivity index (χ2n) is 12.2. The molecule has 1 unspecified atom stereocenters. The monoisotopic (exact) mass is 709 g/mol. The molecule has 0 radical (unpaired) electrons. The van der Waals surface area contributed by atoms with E-state index in [1.807, 2.05) is 18.3 Å². The average molecular weight is 710 g/mol. The number of likely N-dealkylation sites (tertiary alicyclic amines) is 1. The molecule has 1 amide bonds. The number of β-amino-alcohol motifs (C(OH)–C–C–N with tert-alkyl or cyclic N) is 1. The Morgan fingerprint density at radius 2 is 1.80 bits per heavy atom. The molecule has 0 bridgehead atoms. The van der Waals surface area contributed by atoms with Crippen molar-refractivity contribution in [2.75, 3.05) is 40.0 Å². The van der Waals surface area contributed by atoms with Crippen LogP contribution in [0.5, 0.6) is 17.2 Å². The van der Waals surface area contributed by atoms with Crippen molar-refractivity contribution in [3.8, 4) is 39.6 Å². The first-order valence-electron chi connectivity index (χ1n) is 15.9. The second-order valence-corrected chi connectivity index (χ2v) is 12.2. The number of aliphatic hydroxyl groups is 1. The summed E-state index contributed by atoms with van der Waals surface area (Å²) in [5.41, 5.74) is -0.959. The van der Waals surface area contributed by atoms with Crippen LogP contribution in [0.4, 0.5) is 22.0 Å². The fourth-order valence-electron chi connectivity index (χ4n) is 6.12. The van der Waals surface area contributed by atoms with Crippen molar-refractivity contribution >= 4 is 16.8 Å². The van der Waals surface area contributed by atoms with Crippen molar-refractivity contribution in [1.29, 1.82) is 0 Å². The summed E-state index contributed by atoms with van der Waals surface area (Å²) in [5, 5.41) is 19.3. The number of hydrogen-bond donors (Lipinski definition) is 1. The zero-order valence-electron chi connectivity index (χ0n) is 27.5. The van der Waals surface area contributed by atoms with E-state index >= 15 is 0 Å². The molecule has 50 heavy (non-hydrogen) atoms. The number of carbonyl (C=O) groups is 1. The maximum atomic E-state index is 13.7. The van der Waals surface area contributed by atoms with Gasteiger partial charge in [-0.1, -0.05) is 0 Å². The highest BCUT2D eigenvalue weighted by molar-refractivity contribution is 6.04. The Labute approximate surface area is 283 Å². The van der Waals surface area contributed by atoms with Crippen LogP contribution in [0.2, 0.25) is 0 Å². The molecule has 2 saturated heterocycles. The summed E-state index contributed by atoms with van der Waals surface area (Å²) in [6, 6.07) is 6.19. The molecule has 2 fully saturated rings. The van der Waals surface area contributed by atoms with Gasteiger partial charge in [-0.05, 0) is 49.1 Å². The number of benzene rings is 2. The minimum Gasteiger partial charge on any atom is -0.496 e. The number of amides is 1. The van der Waals surface area contributed by atoms with Gasteiger partial charge in [0.1, 0.15) is 22.8 Å². The Hall–Kier alpha value is -4.48. The number of methoxy groups -OCH3 is 1. The molecule has 4 heterocycles. The lowest BCUT2D eigenvalue weighted by molar-refractivity contribution is -0.294. The smallest absolute Gasteiger partial charge is 0.420 e. The lowest BCUT2D eigenvalue weighted by Crippen LogP contribution is -2.70. The minimum atomic E-state index is -4.99. The van der Waals surface area contributed by atoms with Gasteiger partial charge >= 0.3 is 12.8 Å². The van der Waals surface area contributed by atoms with E-state index < -0.39 is 48.7 Å². The van der Waals surface area contributed by atoms with Gasteiger partial charge < -0.3 is 33.7 Å². The van der Waals surface area contributed by atoms with E-state index in [0.717, 1.165) is 30.4 Å². The van der Waals surface area contributed by atoms with E-state index in [-0.39, 0.29) is 24.2 Å². The van der Waals surface area contributed by atoms with Gasteiger partial charge in [0, 0.05) is 44.4 Å². The Kier molecular flexibility index (Phi) is 9.92. The molecule has 2 aromatic carbocycles. The fourth-order valence-corrected chi connectivity index (χ4v) is 6.12. The summed E-state index contributed by atoms with van der Waals surface area (Å²) in [7, 11) is 4.60. The summed E-state index contributed by atoms with van der Waals surface area (Å²) in [6.07, 6.45) is 1.68. The number of fused-ring (bicyclic) bond motifs is 1. The first kappa shape index (κ1) is 35.3. The summed E-state index contributed by atoms with van der Waals surface area (Å²) in [5.74, 6) is -1.54. The number of halogens is 5. The predicted octanol–water partition coefficient (Wildman–Crippen LogP) is 5.31. The largest absolute Gasteiger partial charge is 0.496 e. The highest BCUT2D eigenvalue weighted by Gasteiger charge is 2.62. The van der Waals surface area contributed by atoms with Crippen LogP contribution >= 0.6 is 0 Å². The Balaban J connectivity index is 1.37. The van der Waals surface area contributed by atoms with Gasteiger partial charge in [0.25, 0.3) is 5.91 Å². The number of ether oxygens (including phenoxy) is 5. The molecule has 12 nitrogen and oxygen atoms in total. The molecule has 2 aromatic heterocycles. The first-order valence-corrected chi connectivity index (χ1v) is 15.9. The molecule has 2 aliphatic rings. The SMILES string of the molecule is COc1cc(-c2c3c(OCCCOC4CCCCO4)cc(-c4cnn(C)c4)cc3nn2C)cc(OC(F)F)c1C(=O)N1CC(O)(C(F)(F)F)C1. The zero-order valence-corrected chi connectivity index (χ0v) is 27.5. The minimum absolute atomic E-state index is 0.239. The zero-order chi connectivity index (χ0) is 35.8. The standard InChI is InChI=1S/C33H36F5N5O7/c1-41-16-21(15-39-41)19-11-22-27(24(12-19)47-9-6-10-49-26-7-4-5-8-48-26)29(42(2)40-22)20-13-23(46-3)28(25(14-20)50-31(34)35)30(44)43-17-32(45,18-43)33(36,37)38/h11-16,26,31,45H,4-10,17-18H2,1-3H3. The van der Waals surface area contributed by atoms with E-state index in [9.17, 15) is 31.9 Å². The molecule has 0 aliphatic carbocycles. The summed E-state index contributed by atoms with van der Waals surface area (Å²) in [6.45, 7) is -4.25. The number of carbonyl (C=O) groups excluding carboxylic acids is 1. The molecule has 270 valence electrons. The van der Waals surface area contributed by atoms with E-state index in [2.05, 4.69) is 10.2 Å². The van der Waals surface area contributed by atoms with Crippen LogP contribution in [-0.2, 0) is 23.6 Å². The van der Waals surface area contributed by atoms with Crippen molar-refractivity contribution in [2.24, 2.45) is 14.1 Å². The van der Waals surface area contributed by atoms with Gasteiger partial charge in [-0.3, -0.25) is 14.2 Å². The molecule has 0 saturated carbocycles. The molecular weight excluding hydrogens is 673 g/mol. The molecule has 6 rings (SSSR count). The fraction of sp³-hybridized carbons (Fsp3) is 0.485. The molecule has 0 spiro atoms. The Bertz CT molecular complexity index is 1850. The molecule has 4 aromatic rings. The Morgan fingerprint density at radius 1 is 1.06 bits per heavy atom. The number of aromatic nitrogens is 4. The van der Waals surface area contributed by atoms with Crippen LogP contribution in [0.15, 0.2) is 36.7 Å². The van der Waals surface area contributed by atoms with Gasteiger partial charge in [-0.2, -0.15) is 32.1 Å². The van der Waals surface area contributed by atoms with Crippen molar-refractivity contribution in [3.05, 3.63) is 42.2 Å². The van der Waals surface area contributed by atoms with Gasteiger partial charge in [0.15, 0.2) is 11.9 Å². The van der Waals surface area contributed by atoms with Gasteiger partial charge in [-0.25, -0.2) is 0 Å². The van der Waals surface area contributed by atoms with Crippen LogP contribution in [-0.4, -0.2) is 100 Å².